The number of hydrogen-bond donors (Lipinski definition) is 2. The van der Waals surface area contributed by atoms with Crippen molar-refractivity contribution in [2.45, 2.75) is 0 Å². The van der Waals surface area contributed by atoms with E-state index < -0.39 is 5.82 Å². The van der Waals surface area contributed by atoms with Gasteiger partial charge in [-0.15, -0.1) is 5.10 Å². The molecule has 0 spiro atoms. The van der Waals surface area contributed by atoms with Crippen LogP contribution in [0.4, 0.5) is 4.39 Å². The molecule has 0 amide bonds. The summed E-state index contributed by atoms with van der Waals surface area (Å²) in [7, 11) is 0. The summed E-state index contributed by atoms with van der Waals surface area (Å²) in [6, 6.07) is 1.45. The van der Waals surface area contributed by atoms with Crippen molar-refractivity contribution in [1.82, 2.24) is 0 Å². The molecule has 0 radical (unpaired) electrons. The molecule has 4 N–H and O–H groups in total. The molecule has 0 bridgehead atoms. The lowest BCUT2D eigenvalue weighted by Crippen LogP contribution is -2.21. The number of halogens is 4. The van der Waals surface area contributed by atoms with Gasteiger partial charge in [0.15, 0.2) is 5.82 Å². The first-order valence-electron chi connectivity index (χ1n) is 3.88. The van der Waals surface area contributed by atoms with Gasteiger partial charge in [-0.25, -0.2) is 4.39 Å². The second-order valence-corrected chi connectivity index (χ2v) is 4.29. The Morgan fingerprint density at radius 1 is 1.44 bits per heavy atom. The van der Waals surface area contributed by atoms with Crippen LogP contribution >= 0.6 is 39.1 Å². The van der Waals surface area contributed by atoms with Gasteiger partial charge in [-0.05, 0) is 22.0 Å². The Balaban J connectivity index is 3.20. The first kappa shape index (κ1) is 13.2. The smallest absolute Gasteiger partial charge is 0.211 e. The van der Waals surface area contributed by atoms with Crippen LogP contribution in [-0.2, 0) is 0 Å². The van der Waals surface area contributed by atoms with Crippen LogP contribution in [-0.4, -0.2) is 12.2 Å². The van der Waals surface area contributed by atoms with Crippen molar-refractivity contribution in [2.24, 2.45) is 21.7 Å². The summed E-state index contributed by atoms with van der Waals surface area (Å²) < 4.78 is 14.0. The molecule has 0 unspecified atom stereocenters. The maximum atomic E-state index is 13.6. The summed E-state index contributed by atoms with van der Waals surface area (Å²) >= 11 is 14.5. The summed E-state index contributed by atoms with van der Waals surface area (Å²) in [4.78, 5) is 0. The SMILES string of the molecule is NC(N)=NN=Cc1c(Cl)cc(Br)c(Cl)c1F. The lowest BCUT2D eigenvalue weighted by Gasteiger charge is -2.03. The lowest BCUT2D eigenvalue weighted by molar-refractivity contribution is 0.625. The number of rotatable bonds is 2. The second kappa shape index (κ2) is 5.47. The van der Waals surface area contributed by atoms with Crippen LogP contribution < -0.4 is 11.5 Å². The lowest BCUT2D eigenvalue weighted by atomic mass is 10.2. The van der Waals surface area contributed by atoms with Crippen molar-refractivity contribution in [1.29, 1.82) is 0 Å². The van der Waals surface area contributed by atoms with Crippen molar-refractivity contribution >= 4 is 51.3 Å². The summed E-state index contributed by atoms with van der Waals surface area (Å²) in [5, 5.41) is 6.82. The molecule has 0 fully saturated rings. The highest BCUT2D eigenvalue weighted by atomic mass is 79.9. The van der Waals surface area contributed by atoms with Crippen LogP contribution in [0.1, 0.15) is 5.56 Å². The summed E-state index contributed by atoms with van der Waals surface area (Å²) in [6.45, 7) is 0. The predicted octanol–water partition coefficient (Wildman–Crippen LogP) is 2.50. The van der Waals surface area contributed by atoms with Crippen molar-refractivity contribution in [3.63, 3.8) is 0 Å². The van der Waals surface area contributed by atoms with E-state index in [-0.39, 0.29) is 21.6 Å². The molecule has 0 saturated carbocycles. The van der Waals surface area contributed by atoms with Crippen LogP contribution in [0, 0.1) is 5.82 Å². The van der Waals surface area contributed by atoms with E-state index in [0.29, 0.717) is 4.47 Å². The highest BCUT2D eigenvalue weighted by Gasteiger charge is 2.13. The van der Waals surface area contributed by atoms with Crippen molar-refractivity contribution < 1.29 is 4.39 Å². The molecule has 1 aromatic rings. The molecule has 4 nitrogen and oxygen atoms in total. The monoisotopic (exact) mass is 326 g/mol. The molecule has 1 rings (SSSR count). The quantitative estimate of drug-likeness (QED) is 0.288. The molecule has 86 valence electrons. The third kappa shape index (κ3) is 3.07. The number of nitrogens with zero attached hydrogens (tertiary/aromatic N) is 2. The number of benzene rings is 1. The summed E-state index contributed by atoms with van der Waals surface area (Å²) in [5.41, 5.74) is 10.1. The number of nitrogens with two attached hydrogens (primary N) is 2. The Morgan fingerprint density at radius 2 is 2.06 bits per heavy atom. The number of hydrogen-bond acceptors (Lipinski definition) is 2. The fraction of sp³-hybridized carbons (Fsp3) is 0. The maximum absolute atomic E-state index is 13.6. The minimum Gasteiger partial charge on any atom is -0.369 e. The molecule has 0 aliphatic carbocycles. The van der Waals surface area contributed by atoms with Gasteiger partial charge in [0.05, 0.1) is 21.8 Å². The van der Waals surface area contributed by atoms with Gasteiger partial charge in [0.1, 0.15) is 0 Å². The highest BCUT2D eigenvalue weighted by Crippen LogP contribution is 2.32. The standard InChI is InChI=1S/C8H6BrCl2FN4/c9-4-1-5(10)3(7(12)6(4)11)2-15-16-8(13)14/h1-2H,(H4,13,14,16). The average Bonchev–Trinajstić information content (AvgIpc) is 2.19. The van der Waals surface area contributed by atoms with E-state index in [9.17, 15) is 4.39 Å². The largest absolute Gasteiger partial charge is 0.369 e. The van der Waals surface area contributed by atoms with Gasteiger partial charge in [0.25, 0.3) is 0 Å². The van der Waals surface area contributed by atoms with Crippen LogP contribution in [0.5, 0.6) is 0 Å². The average molecular weight is 328 g/mol. The van der Waals surface area contributed by atoms with Crippen molar-refractivity contribution in [3.05, 3.63) is 32.0 Å². The van der Waals surface area contributed by atoms with Crippen molar-refractivity contribution in [3.8, 4) is 0 Å². The topological polar surface area (TPSA) is 76.8 Å². The molecule has 1 aromatic carbocycles. The van der Waals surface area contributed by atoms with Crippen LogP contribution in [0.3, 0.4) is 0 Å². The highest BCUT2D eigenvalue weighted by molar-refractivity contribution is 9.10. The number of guanidine groups is 1. The van der Waals surface area contributed by atoms with E-state index in [4.69, 9.17) is 34.7 Å². The Kier molecular flexibility index (Phi) is 4.52. The van der Waals surface area contributed by atoms with Gasteiger partial charge in [-0.3, -0.25) is 0 Å². The normalized spacial score (nSPS) is 10.8. The molecule has 0 saturated heterocycles. The van der Waals surface area contributed by atoms with E-state index in [2.05, 4.69) is 26.1 Å². The Labute approximate surface area is 109 Å². The first-order chi connectivity index (χ1) is 7.43. The Bertz CT molecular complexity index is 472. The molecular formula is C8H6BrCl2FN4. The van der Waals surface area contributed by atoms with Gasteiger partial charge in [-0.2, -0.15) is 5.10 Å². The molecule has 0 atom stereocenters. The Hall–Kier alpha value is -0.850. The van der Waals surface area contributed by atoms with Gasteiger partial charge in [0.2, 0.25) is 5.96 Å². The zero-order valence-electron chi connectivity index (χ0n) is 7.72. The van der Waals surface area contributed by atoms with Crippen molar-refractivity contribution in [2.75, 3.05) is 0 Å². The summed E-state index contributed by atoms with van der Waals surface area (Å²) in [5.74, 6) is -0.938. The fourth-order valence-electron chi connectivity index (χ4n) is 0.852. The van der Waals surface area contributed by atoms with Gasteiger partial charge in [0, 0.05) is 4.47 Å². The molecule has 0 aromatic heterocycles. The third-order valence-electron chi connectivity index (χ3n) is 1.51. The Morgan fingerprint density at radius 3 is 2.62 bits per heavy atom. The molecule has 8 heteroatoms. The minimum atomic E-state index is -0.699. The van der Waals surface area contributed by atoms with E-state index in [0.717, 1.165) is 6.21 Å². The second-order valence-electron chi connectivity index (χ2n) is 2.65. The van der Waals surface area contributed by atoms with E-state index in [1.807, 2.05) is 0 Å². The molecule has 0 aliphatic rings. The molecule has 16 heavy (non-hydrogen) atoms. The van der Waals surface area contributed by atoms with Crippen LogP contribution in [0.15, 0.2) is 20.7 Å². The molecule has 0 aliphatic heterocycles. The fourth-order valence-corrected chi connectivity index (χ4v) is 1.78. The summed E-state index contributed by atoms with van der Waals surface area (Å²) in [6.07, 6.45) is 1.08. The van der Waals surface area contributed by atoms with Crippen LogP contribution in [0.2, 0.25) is 10.0 Å². The zero-order chi connectivity index (χ0) is 12.3. The van der Waals surface area contributed by atoms with Gasteiger partial charge >= 0.3 is 0 Å². The maximum Gasteiger partial charge on any atom is 0.211 e. The zero-order valence-corrected chi connectivity index (χ0v) is 10.8. The molecule has 0 heterocycles. The van der Waals surface area contributed by atoms with Crippen LogP contribution in [0.25, 0.3) is 0 Å². The van der Waals surface area contributed by atoms with E-state index >= 15 is 0 Å². The van der Waals surface area contributed by atoms with E-state index in [1.54, 1.807) is 0 Å². The van der Waals surface area contributed by atoms with Gasteiger partial charge in [-0.1, -0.05) is 23.2 Å². The minimum absolute atomic E-state index is 0.0138. The van der Waals surface area contributed by atoms with Gasteiger partial charge < -0.3 is 11.5 Å². The predicted molar refractivity (Wildman–Crippen MR) is 67.5 cm³/mol. The molecular weight excluding hydrogens is 322 g/mol. The van der Waals surface area contributed by atoms with E-state index in [1.165, 1.54) is 6.07 Å². The third-order valence-corrected chi connectivity index (χ3v) is 3.05. The first-order valence-corrected chi connectivity index (χ1v) is 5.43.